The normalized spacial score (nSPS) is 16.4. The molecule has 0 aliphatic heterocycles. The van der Waals surface area contributed by atoms with Crippen molar-refractivity contribution in [3.05, 3.63) is 47.4 Å². The number of methoxy groups -OCH3 is 1. The van der Waals surface area contributed by atoms with Crippen LogP contribution in [0.25, 0.3) is 11.0 Å². The van der Waals surface area contributed by atoms with Crippen LogP contribution in [0.2, 0.25) is 0 Å². The van der Waals surface area contributed by atoms with Crippen LogP contribution in [0.15, 0.2) is 30.6 Å². The topological polar surface area (TPSA) is 43.2 Å². The van der Waals surface area contributed by atoms with Gasteiger partial charge in [0.1, 0.15) is 23.5 Å². The van der Waals surface area contributed by atoms with Crippen molar-refractivity contribution >= 4 is 16.9 Å². The van der Waals surface area contributed by atoms with Crippen LogP contribution in [0.3, 0.4) is 0 Å². The second kappa shape index (κ2) is 6.55. The first kappa shape index (κ1) is 16.6. The van der Waals surface area contributed by atoms with Crippen LogP contribution in [-0.4, -0.2) is 34.7 Å². The van der Waals surface area contributed by atoms with E-state index in [9.17, 15) is 0 Å². The lowest BCUT2D eigenvalue weighted by atomic mass is 9.96. The molecule has 1 aromatic carbocycles. The zero-order valence-corrected chi connectivity index (χ0v) is 16.1. The van der Waals surface area contributed by atoms with Gasteiger partial charge in [0.25, 0.3) is 0 Å². The summed E-state index contributed by atoms with van der Waals surface area (Å²) in [6, 6.07) is 9.02. The van der Waals surface area contributed by atoms with Gasteiger partial charge in [-0.05, 0) is 61.8 Å². The van der Waals surface area contributed by atoms with Gasteiger partial charge >= 0.3 is 0 Å². The third-order valence-electron chi connectivity index (χ3n) is 6.06. The van der Waals surface area contributed by atoms with E-state index < -0.39 is 0 Å². The summed E-state index contributed by atoms with van der Waals surface area (Å²) in [7, 11) is 3.90. The SMILES string of the molecule is COc1ccc(Cn2c3c(c4c(N(C)C5CC5)ncnc42)CCCC3)cc1. The zero-order valence-electron chi connectivity index (χ0n) is 16.1. The second-order valence-corrected chi connectivity index (χ2v) is 7.80. The molecule has 2 heterocycles. The van der Waals surface area contributed by atoms with Crippen molar-refractivity contribution < 1.29 is 4.74 Å². The summed E-state index contributed by atoms with van der Waals surface area (Å²) < 4.78 is 7.73. The van der Waals surface area contributed by atoms with E-state index in [1.54, 1.807) is 13.4 Å². The van der Waals surface area contributed by atoms with Crippen molar-refractivity contribution in [3.63, 3.8) is 0 Å². The molecular weight excluding hydrogens is 336 g/mol. The van der Waals surface area contributed by atoms with Gasteiger partial charge in [0.15, 0.2) is 0 Å². The molecule has 0 unspecified atom stereocenters. The van der Waals surface area contributed by atoms with E-state index in [-0.39, 0.29) is 0 Å². The summed E-state index contributed by atoms with van der Waals surface area (Å²) >= 11 is 0. The summed E-state index contributed by atoms with van der Waals surface area (Å²) in [6.07, 6.45) is 9.08. The van der Waals surface area contributed by atoms with E-state index in [1.807, 2.05) is 12.1 Å². The van der Waals surface area contributed by atoms with E-state index in [4.69, 9.17) is 14.7 Å². The van der Waals surface area contributed by atoms with Gasteiger partial charge in [0.05, 0.1) is 12.5 Å². The number of hydrogen-bond donors (Lipinski definition) is 0. The minimum Gasteiger partial charge on any atom is -0.497 e. The molecule has 0 atom stereocenters. The first-order valence-corrected chi connectivity index (χ1v) is 9.97. The fourth-order valence-electron chi connectivity index (χ4n) is 4.41. The lowest BCUT2D eigenvalue weighted by Crippen LogP contribution is -2.21. The largest absolute Gasteiger partial charge is 0.497 e. The van der Waals surface area contributed by atoms with Crippen molar-refractivity contribution in [3.8, 4) is 5.75 Å². The molecule has 0 saturated heterocycles. The molecule has 1 saturated carbocycles. The highest BCUT2D eigenvalue weighted by atomic mass is 16.5. The highest BCUT2D eigenvalue weighted by Crippen LogP contribution is 2.39. The molecule has 0 amide bonds. The van der Waals surface area contributed by atoms with Gasteiger partial charge < -0.3 is 14.2 Å². The Hall–Kier alpha value is -2.56. The lowest BCUT2D eigenvalue weighted by Gasteiger charge is -2.19. The fraction of sp³-hybridized carbons (Fsp3) is 0.455. The van der Waals surface area contributed by atoms with Crippen molar-refractivity contribution in [2.24, 2.45) is 0 Å². The van der Waals surface area contributed by atoms with Gasteiger partial charge in [0, 0.05) is 25.3 Å². The summed E-state index contributed by atoms with van der Waals surface area (Å²) in [5.41, 5.74) is 5.30. The first-order chi connectivity index (χ1) is 13.3. The van der Waals surface area contributed by atoms with E-state index in [2.05, 4.69) is 28.6 Å². The second-order valence-electron chi connectivity index (χ2n) is 7.80. The molecular formula is C22H26N4O. The molecule has 0 bridgehead atoms. The van der Waals surface area contributed by atoms with Crippen LogP contribution < -0.4 is 9.64 Å². The van der Waals surface area contributed by atoms with Gasteiger partial charge in [-0.3, -0.25) is 0 Å². The Morgan fingerprint density at radius 2 is 1.89 bits per heavy atom. The number of rotatable bonds is 5. The maximum Gasteiger partial charge on any atom is 0.146 e. The highest BCUT2D eigenvalue weighted by molar-refractivity contribution is 5.93. The van der Waals surface area contributed by atoms with E-state index in [0.29, 0.717) is 6.04 Å². The summed E-state index contributed by atoms with van der Waals surface area (Å²) in [6.45, 7) is 0.847. The molecule has 2 aliphatic carbocycles. The first-order valence-electron chi connectivity index (χ1n) is 9.97. The molecule has 5 rings (SSSR count). The van der Waals surface area contributed by atoms with Gasteiger partial charge in [0.2, 0.25) is 0 Å². The molecule has 5 heteroatoms. The Bertz CT molecular complexity index is 972. The van der Waals surface area contributed by atoms with E-state index in [0.717, 1.165) is 36.6 Å². The Balaban J connectivity index is 1.63. The smallest absolute Gasteiger partial charge is 0.146 e. The van der Waals surface area contributed by atoms with Gasteiger partial charge in [-0.15, -0.1) is 0 Å². The number of ether oxygens (including phenoxy) is 1. The minimum atomic E-state index is 0.646. The van der Waals surface area contributed by atoms with Crippen molar-refractivity contribution in [1.29, 1.82) is 0 Å². The standard InChI is InChI=1S/C22H26N4O/c1-25(16-9-10-16)21-20-18-5-3-4-6-19(18)26(22(20)24-14-23-21)13-15-7-11-17(27-2)12-8-15/h7-8,11-12,14,16H,3-6,9-10,13H2,1-2H3. The zero-order chi connectivity index (χ0) is 18.4. The van der Waals surface area contributed by atoms with Crippen LogP contribution in [-0.2, 0) is 19.4 Å². The number of anilines is 1. The van der Waals surface area contributed by atoms with Crippen LogP contribution in [0.4, 0.5) is 5.82 Å². The lowest BCUT2D eigenvalue weighted by molar-refractivity contribution is 0.414. The quantitative estimate of drug-likeness (QED) is 0.689. The van der Waals surface area contributed by atoms with Gasteiger partial charge in [-0.25, -0.2) is 9.97 Å². The Labute approximate surface area is 160 Å². The van der Waals surface area contributed by atoms with Crippen LogP contribution >= 0.6 is 0 Å². The fourth-order valence-corrected chi connectivity index (χ4v) is 4.41. The number of aromatic nitrogens is 3. The minimum absolute atomic E-state index is 0.646. The van der Waals surface area contributed by atoms with Gasteiger partial charge in [-0.2, -0.15) is 0 Å². The Kier molecular flexibility index (Phi) is 4.03. The average molecular weight is 362 g/mol. The molecule has 1 fully saturated rings. The molecule has 140 valence electrons. The average Bonchev–Trinajstić information content (AvgIpc) is 3.52. The van der Waals surface area contributed by atoms with Gasteiger partial charge in [-0.1, -0.05) is 12.1 Å². The molecule has 0 N–H and O–H groups in total. The van der Waals surface area contributed by atoms with Crippen LogP contribution in [0.5, 0.6) is 5.75 Å². The number of nitrogens with zero attached hydrogens (tertiary/aromatic N) is 4. The van der Waals surface area contributed by atoms with E-state index in [1.165, 1.54) is 47.9 Å². The molecule has 5 nitrogen and oxygen atoms in total. The molecule has 2 aliphatic rings. The van der Waals surface area contributed by atoms with Crippen LogP contribution in [0.1, 0.15) is 42.5 Å². The maximum atomic E-state index is 5.30. The molecule has 3 aromatic rings. The number of hydrogen-bond acceptors (Lipinski definition) is 4. The highest BCUT2D eigenvalue weighted by Gasteiger charge is 2.31. The number of fused-ring (bicyclic) bond motifs is 3. The van der Waals surface area contributed by atoms with Crippen LogP contribution in [0, 0.1) is 0 Å². The molecule has 2 aromatic heterocycles. The molecule has 0 radical (unpaired) electrons. The van der Waals surface area contributed by atoms with Crippen molar-refractivity contribution in [2.45, 2.75) is 51.1 Å². The number of aryl methyl sites for hydroxylation is 1. The Morgan fingerprint density at radius 3 is 2.63 bits per heavy atom. The molecule has 27 heavy (non-hydrogen) atoms. The summed E-state index contributed by atoms with van der Waals surface area (Å²) in [4.78, 5) is 11.8. The van der Waals surface area contributed by atoms with E-state index >= 15 is 0 Å². The predicted octanol–water partition coefficient (Wildman–Crippen LogP) is 3.97. The van der Waals surface area contributed by atoms with Crippen molar-refractivity contribution in [2.75, 3.05) is 19.1 Å². The summed E-state index contributed by atoms with van der Waals surface area (Å²) in [5, 5.41) is 1.29. The number of benzene rings is 1. The maximum absolute atomic E-state index is 5.30. The molecule has 0 spiro atoms. The third-order valence-corrected chi connectivity index (χ3v) is 6.06. The monoisotopic (exact) mass is 362 g/mol. The van der Waals surface area contributed by atoms with Crippen molar-refractivity contribution in [1.82, 2.24) is 14.5 Å². The Morgan fingerprint density at radius 1 is 1.11 bits per heavy atom. The third kappa shape index (κ3) is 2.85. The summed E-state index contributed by atoms with van der Waals surface area (Å²) in [5.74, 6) is 2.02. The predicted molar refractivity (Wildman–Crippen MR) is 108 cm³/mol.